The minimum absolute atomic E-state index is 0.115. The van der Waals surface area contributed by atoms with E-state index in [1.807, 2.05) is 25.7 Å². The molecular formula is C13H28N4O5S. The van der Waals surface area contributed by atoms with Crippen molar-refractivity contribution in [2.45, 2.75) is 39.2 Å². The van der Waals surface area contributed by atoms with Gasteiger partial charge < -0.3 is 20.3 Å². The minimum Gasteiger partial charge on any atom is -0.444 e. The molecule has 10 heteroatoms. The first-order valence-corrected chi connectivity index (χ1v) is 8.31. The SMILES string of the molecule is CN(CC1CCCN(C(=N)N)C1)C(=O)OC(C)(C)C.O=S(O)O. The highest BCUT2D eigenvalue weighted by molar-refractivity contribution is 7.73. The Morgan fingerprint density at radius 2 is 2.00 bits per heavy atom. The molecule has 1 amide bonds. The van der Waals surface area contributed by atoms with Crippen LogP contribution in [0.1, 0.15) is 33.6 Å². The van der Waals surface area contributed by atoms with Gasteiger partial charge in [0.25, 0.3) is 11.4 Å². The van der Waals surface area contributed by atoms with Crippen molar-refractivity contribution in [3.8, 4) is 0 Å². The number of rotatable bonds is 2. The van der Waals surface area contributed by atoms with Crippen molar-refractivity contribution in [3.63, 3.8) is 0 Å². The number of carbonyl (C=O) groups excluding carboxylic acids is 1. The lowest BCUT2D eigenvalue weighted by Gasteiger charge is -2.35. The maximum absolute atomic E-state index is 11.9. The normalized spacial score (nSPS) is 18.0. The second-order valence-electron chi connectivity index (χ2n) is 6.43. The first-order chi connectivity index (χ1) is 10.4. The fourth-order valence-corrected chi connectivity index (χ4v) is 2.23. The zero-order chi connectivity index (χ0) is 18.2. The van der Waals surface area contributed by atoms with E-state index in [1.165, 1.54) is 0 Å². The van der Waals surface area contributed by atoms with Crippen LogP contribution in [0.4, 0.5) is 4.79 Å². The van der Waals surface area contributed by atoms with Crippen molar-refractivity contribution in [2.75, 3.05) is 26.7 Å². The van der Waals surface area contributed by atoms with Gasteiger partial charge in [0.15, 0.2) is 5.96 Å². The van der Waals surface area contributed by atoms with Crippen LogP contribution in [0.15, 0.2) is 0 Å². The van der Waals surface area contributed by atoms with Crippen molar-refractivity contribution in [2.24, 2.45) is 11.7 Å². The van der Waals surface area contributed by atoms with Gasteiger partial charge in [-0.2, -0.15) is 4.21 Å². The van der Waals surface area contributed by atoms with E-state index in [0.29, 0.717) is 12.5 Å². The molecule has 0 saturated carbocycles. The average Bonchev–Trinajstić information content (AvgIpc) is 2.36. The van der Waals surface area contributed by atoms with Crippen LogP contribution < -0.4 is 5.73 Å². The lowest BCUT2D eigenvalue weighted by molar-refractivity contribution is 0.0256. The number of likely N-dealkylation sites (tertiary alicyclic amines) is 1. The number of nitrogens with zero attached hydrogens (tertiary/aromatic N) is 2. The summed E-state index contributed by atoms with van der Waals surface area (Å²) in [5, 5.41) is 7.46. The van der Waals surface area contributed by atoms with Crippen molar-refractivity contribution in [3.05, 3.63) is 0 Å². The summed E-state index contributed by atoms with van der Waals surface area (Å²) < 4.78 is 28.2. The highest BCUT2D eigenvalue weighted by Gasteiger charge is 2.25. The van der Waals surface area contributed by atoms with Gasteiger partial charge in [-0.1, -0.05) is 0 Å². The fourth-order valence-electron chi connectivity index (χ4n) is 2.23. The zero-order valence-electron chi connectivity index (χ0n) is 14.1. The van der Waals surface area contributed by atoms with E-state index in [0.717, 1.165) is 25.9 Å². The Balaban J connectivity index is 0.00000108. The van der Waals surface area contributed by atoms with E-state index >= 15 is 0 Å². The predicted molar refractivity (Wildman–Crippen MR) is 88.5 cm³/mol. The molecule has 1 unspecified atom stereocenters. The molecule has 1 rings (SSSR count). The van der Waals surface area contributed by atoms with E-state index in [4.69, 9.17) is 29.2 Å². The molecule has 1 fully saturated rings. The molecule has 1 heterocycles. The number of ether oxygens (including phenoxy) is 1. The molecule has 0 bridgehead atoms. The van der Waals surface area contributed by atoms with E-state index in [-0.39, 0.29) is 12.1 Å². The number of carbonyl (C=O) groups is 1. The topological polar surface area (TPSA) is 140 Å². The van der Waals surface area contributed by atoms with E-state index < -0.39 is 17.0 Å². The van der Waals surface area contributed by atoms with Gasteiger partial charge in [-0.15, -0.1) is 0 Å². The van der Waals surface area contributed by atoms with Gasteiger partial charge in [-0.3, -0.25) is 14.5 Å². The van der Waals surface area contributed by atoms with Crippen LogP contribution in [0.2, 0.25) is 0 Å². The van der Waals surface area contributed by atoms with Crippen LogP contribution in [0.3, 0.4) is 0 Å². The van der Waals surface area contributed by atoms with Gasteiger partial charge in [0.1, 0.15) is 5.60 Å². The highest BCUT2D eigenvalue weighted by atomic mass is 32.2. The van der Waals surface area contributed by atoms with E-state index in [1.54, 1.807) is 11.9 Å². The molecule has 0 aromatic heterocycles. The molecule has 9 nitrogen and oxygen atoms in total. The summed E-state index contributed by atoms with van der Waals surface area (Å²) in [7, 11) is 1.75. The molecule has 1 saturated heterocycles. The number of nitrogens with two attached hydrogens (primary N) is 1. The van der Waals surface area contributed by atoms with Crippen molar-refractivity contribution in [1.29, 1.82) is 5.41 Å². The van der Waals surface area contributed by atoms with Gasteiger partial charge in [0, 0.05) is 26.7 Å². The fraction of sp³-hybridized carbons (Fsp3) is 0.846. The first kappa shape index (κ1) is 21.6. The molecule has 1 aliphatic rings. The Kier molecular flexibility index (Phi) is 9.10. The second kappa shape index (κ2) is 9.68. The molecule has 0 spiro atoms. The Morgan fingerprint density at radius 1 is 1.48 bits per heavy atom. The number of hydrogen-bond donors (Lipinski definition) is 4. The van der Waals surface area contributed by atoms with Crippen LogP contribution in [0.5, 0.6) is 0 Å². The van der Waals surface area contributed by atoms with Crippen molar-refractivity contribution < 1.29 is 22.8 Å². The highest BCUT2D eigenvalue weighted by Crippen LogP contribution is 2.18. The molecule has 5 N–H and O–H groups in total. The monoisotopic (exact) mass is 352 g/mol. The molecule has 136 valence electrons. The number of nitrogens with one attached hydrogen (secondary N) is 1. The zero-order valence-corrected chi connectivity index (χ0v) is 14.9. The summed E-state index contributed by atoms with van der Waals surface area (Å²) in [5.74, 6) is 0.458. The predicted octanol–water partition coefficient (Wildman–Crippen LogP) is 1.14. The van der Waals surface area contributed by atoms with Gasteiger partial charge in [-0.25, -0.2) is 4.79 Å². The molecular weight excluding hydrogens is 324 g/mol. The number of guanidine groups is 1. The summed E-state index contributed by atoms with van der Waals surface area (Å²) in [6.45, 7) is 7.79. The smallest absolute Gasteiger partial charge is 0.410 e. The lowest BCUT2D eigenvalue weighted by atomic mass is 9.98. The number of amides is 1. The van der Waals surface area contributed by atoms with Crippen LogP contribution >= 0.6 is 0 Å². The Morgan fingerprint density at radius 3 is 2.43 bits per heavy atom. The minimum atomic E-state index is -2.61. The summed E-state index contributed by atoms with van der Waals surface area (Å²) >= 11 is -2.61. The average molecular weight is 352 g/mol. The van der Waals surface area contributed by atoms with Crippen molar-refractivity contribution >= 4 is 23.4 Å². The standard InChI is InChI=1S/C13H26N4O2.H2O3S/c1-13(2,3)19-12(18)16(4)8-10-6-5-7-17(9-10)11(14)15;1-4(2)3/h10H,5-9H2,1-4H3,(H3,14,15);(H2,1,2,3). The third-order valence-electron chi connectivity index (χ3n) is 3.10. The van der Waals surface area contributed by atoms with E-state index in [2.05, 4.69) is 0 Å². The Labute approximate surface area is 139 Å². The maximum atomic E-state index is 11.9. The Bertz CT molecular complexity index is 423. The maximum Gasteiger partial charge on any atom is 0.410 e. The second-order valence-corrected chi connectivity index (χ2v) is 6.89. The molecule has 0 aromatic rings. The quantitative estimate of drug-likeness (QED) is 0.332. The van der Waals surface area contributed by atoms with Crippen molar-refractivity contribution in [1.82, 2.24) is 9.80 Å². The van der Waals surface area contributed by atoms with Crippen LogP contribution in [-0.4, -0.2) is 67.5 Å². The summed E-state index contributed by atoms with van der Waals surface area (Å²) in [5.41, 5.74) is 5.04. The Hall–Kier alpha value is -1.39. The first-order valence-electron chi connectivity index (χ1n) is 7.25. The molecule has 1 atom stereocenters. The van der Waals surface area contributed by atoms with Crippen LogP contribution in [0, 0.1) is 11.3 Å². The largest absolute Gasteiger partial charge is 0.444 e. The molecule has 0 aromatic carbocycles. The molecule has 0 radical (unpaired) electrons. The third-order valence-corrected chi connectivity index (χ3v) is 3.10. The van der Waals surface area contributed by atoms with Gasteiger partial charge >= 0.3 is 6.09 Å². The molecule has 0 aliphatic carbocycles. The van der Waals surface area contributed by atoms with Gasteiger partial charge in [0.2, 0.25) is 0 Å². The van der Waals surface area contributed by atoms with Gasteiger partial charge in [0.05, 0.1) is 0 Å². The van der Waals surface area contributed by atoms with Crippen LogP contribution in [-0.2, 0) is 16.1 Å². The van der Waals surface area contributed by atoms with E-state index in [9.17, 15) is 4.79 Å². The number of piperidine rings is 1. The van der Waals surface area contributed by atoms with Gasteiger partial charge in [-0.05, 0) is 39.5 Å². The molecule has 23 heavy (non-hydrogen) atoms. The van der Waals surface area contributed by atoms with Crippen LogP contribution in [0.25, 0.3) is 0 Å². The number of hydrogen-bond acceptors (Lipinski definition) is 4. The lowest BCUT2D eigenvalue weighted by Crippen LogP contribution is -2.47. The third kappa shape index (κ3) is 10.9. The molecule has 1 aliphatic heterocycles. The summed E-state index contributed by atoms with van der Waals surface area (Å²) in [6.07, 6.45) is 1.76. The summed E-state index contributed by atoms with van der Waals surface area (Å²) in [4.78, 5) is 15.3. The summed E-state index contributed by atoms with van der Waals surface area (Å²) in [6, 6.07) is 0.